The SMILES string of the molecule is Cc1cc(C)n(CC2CCCN2C(=O)Cn2nnc3ccccc32)n1. The molecule has 1 aliphatic rings. The third kappa shape index (κ3) is 3.01. The topological polar surface area (TPSA) is 68.8 Å². The maximum absolute atomic E-state index is 12.9. The van der Waals surface area contributed by atoms with Crippen molar-refractivity contribution in [2.24, 2.45) is 0 Å². The van der Waals surface area contributed by atoms with Crippen molar-refractivity contribution in [2.75, 3.05) is 6.54 Å². The molecule has 4 rings (SSSR count). The molecular formula is C18H22N6O. The number of carbonyl (C=O) groups is 1. The highest BCUT2D eigenvalue weighted by Gasteiger charge is 2.30. The zero-order valence-electron chi connectivity index (χ0n) is 14.6. The fraction of sp³-hybridized carbons (Fsp3) is 0.444. The summed E-state index contributed by atoms with van der Waals surface area (Å²) in [7, 11) is 0. The molecule has 1 aliphatic heterocycles. The Hall–Kier alpha value is -2.70. The largest absolute Gasteiger partial charge is 0.336 e. The summed E-state index contributed by atoms with van der Waals surface area (Å²) in [5.41, 5.74) is 3.86. The van der Waals surface area contributed by atoms with Gasteiger partial charge in [-0.25, -0.2) is 4.68 Å². The lowest BCUT2D eigenvalue weighted by Gasteiger charge is -2.25. The van der Waals surface area contributed by atoms with Gasteiger partial charge < -0.3 is 4.90 Å². The highest BCUT2D eigenvalue weighted by atomic mass is 16.2. The van der Waals surface area contributed by atoms with Crippen molar-refractivity contribution in [3.8, 4) is 0 Å². The van der Waals surface area contributed by atoms with Gasteiger partial charge in [0.2, 0.25) is 5.91 Å². The number of amides is 1. The van der Waals surface area contributed by atoms with Crippen LogP contribution in [0.1, 0.15) is 24.2 Å². The van der Waals surface area contributed by atoms with Gasteiger partial charge in [-0.1, -0.05) is 17.3 Å². The van der Waals surface area contributed by atoms with Gasteiger partial charge in [-0.05, 0) is 44.9 Å². The number of rotatable bonds is 4. The van der Waals surface area contributed by atoms with Crippen LogP contribution < -0.4 is 0 Å². The van der Waals surface area contributed by atoms with Gasteiger partial charge in [-0.3, -0.25) is 9.48 Å². The molecule has 3 aromatic rings. The van der Waals surface area contributed by atoms with Crippen LogP contribution in [-0.2, 0) is 17.9 Å². The van der Waals surface area contributed by atoms with Gasteiger partial charge in [-0.15, -0.1) is 5.10 Å². The van der Waals surface area contributed by atoms with Crippen molar-refractivity contribution in [2.45, 2.75) is 45.8 Å². The molecule has 7 heteroatoms. The Labute approximate surface area is 146 Å². The standard InChI is InChI=1S/C18H22N6O/c1-13-10-14(2)23(20-13)11-15-6-5-9-22(15)18(25)12-24-17-8-4-3-7-16(17)19-21-24/h3-4,7-8,10,15H,5-6,9,11-12H2,1-2H3. The highest BCUT2D eigenvalue weighted by Crippen LogP contribution is 2.21. The second kappa shape index (κ2) is 6.31. The first-order chi connectivity index (χ1) is 12.1. The molecular weight excluding hydrogens is 316 g/mol. The van der Waals surface area contributed by atoms with E-state index in [0.29, 0.717) is 0 Å². The van der Waals surface area contributed by atoms with E-state index in [1.807, 2.05) is 40.8 Å². The van der Waals surface area contributed by atoms with E-state index >= 15 is 0 Å². The Morgan fingerprint density at radius 1 is 1.24 bits per heavy atom. The number of nitrogens with zero attached hydrogens (tertiary/aromatic N) is 6. The number of aromatic nitrogens is 5. The Morgan fingerprint density at radius 3 is 2.88 bits per heavy atom. The van der Waals surface area contributed by atoms with Crippen LogP contribution in [0.15, 0.2) is 30.3 Å². The number of fused-ring (bicyclic) bond motifs is 1. The summed E-state index contributed by atoms with van der Waals surface area (Å²) < 4.78 is 3.70. The Morgan fingerprint density at radius 2 is 2.08 bits per heavy atom. The second-order valence-corrected chi connectivity index (χ2v) is 6.73. The van der Waals surface area contributed by atoms with Crippen LogP contribution in [0.4, 0.5) is 0 Å². The Balaban J connectivity index is 1.50. The van der Waals surface area contributed by atoms with Gasteiger partial charge >= 0.3 is 0 Å². The number of benzene rings is 1. The predicted octanol–water partition coefficient (Wildman–Crippen LogP) is 1.94. The Bertz CT molecular complexity index is 911. The van der Waals surface area contributed by atoms with Crippen molar-refractivity contribution >= 4 is 16.9 Å². The van der Waals surface area contributed by atoms with Crippen molar-refractivity contribution < 1.29 is 4.79 Å². The number of likely N-dealkylation sites (tertiary alicyclic amines) is 1. The molecule has 1 unspecified atom stereocenters. The summed E-state index contributed by atoms with van der Waals surface area (Å²) in [5, 5.41) is 12.8. The second-order valence-electron chi connectivity index (χ2n) is 6.73. The van der Waals surface area contributed by atoms with Crippen LogP contribution in [0.25, 0.3) is 11.0 Å². The van der Waals surface area contributed by atoms with Gasteiger partial charge in [0.05, 0.1) is 23.8 Å². The zero-order valence-corrected chi connectivity index (χ0v) is 14.6. The molecule has 0 radical (unpaired) electrons. The average Bonchev–Trinajstić information content (AvgIpc) is 3.28. The first-order valence-corrected chi connectivity index (χ1v) is 8.70. The summed E-state index contributed by atoms with van der Waals surface area (Å²) in [4.78, 5) is 14.8. The summed E-state index contributed by atoms with van der Waals surface area (Å²) in [6.45, 7) is 5.84. The molecule has 3 heterocycles. The van der Waals surface area contributed by atoms with Gasteiger partial charge in [0.1, 0.15) is 12.1 Å². The van der Waals surface area contributed by atoms with Gasteiger partial charge in [0.15, 0.2) is 0 Å². The molecule has 0 aliphatic carbocycles. The molecule has 0 N–H and O–H groups in total. The monoisotopic (exact) mass is 338 g/mol. The minimum atomic E-state index is 0.0969. The van der Waals surface area contributed by atoms with E-state index in [4.69, 9.17) is 0 Å². The average molecular weight is 338 g/mol. The number of carbonyl (C=O) groups excluding carboxylic acids is 1. The van der Waals surface area contributed by atoms with Crippen LogP contribution in [-0.4, -0.2) is 48.2 Å². The van der Waals surface area contributed by atoms with Gasteiger partial charge in [0, 0.05) is 12.2 Å². The van der Waals surface area contributed by atoms with Gasteiger partial charge in [0.25, 0.3) is 0 Å². The molecule has 25 heavy (non-hydrogen) atoms. The lowest BCUT2D eigenvalue weighted by molar-refractivity contribution is -0.133. The molecule has 1 atom stereocenters. The van der Waals surface area contributed by atoms with Crippen LogP contribution in [0.3, 0.4) is 0 Å². The molecule has 0 bridgehead atoms. The minimum absolute atomic E-state index is 0.0969. The van der Waals surface area contributed by atoms with Crippen molar-refractivity contribution in [1.29, 1.82) is 0 Å². The fourth-order valence-electron chi connectivity index (χ4n) is 3.67. The third-order valence-electron chi connectivity index (χ3n) is 4.89. The lowest BCUT2D eigenvalue weighted by Crippen LogP contribution is -2.40. The molecule has 2 aromatic heterocycles. The van der Waals surface area contributed by atoms with E-state index in [1.54, 1.807) is 4.68 Å². The van der Waals surface area contributed by atoms with Crippen molar-refractivity contribution in [3.05, 3.63) is 41.7 Å². The van der Waals surface area contributed by atoms with E-state index in [1.165, 1.54) is 0 Å². The van der Waals surface area contributed by atoms with E-state index in [-0.39, 0.29) is 18.5 Å². The normalized spacial score (nSPS) is 17.5. The molecule has 0 saturated carbocycles. The summed E-state index contributed by atoms with van der Waals surface area (Å²) in [6, 6.07) is 9.98. The molecule has 0 spiro atoms. The summed E-state index contributed by atoms with van der Waals surface area (Å²) in [6.07, 6.45) is 2.05. The molecule has 1 fully saturated rings. The predicted molar refractivity (Wildman–Crippen MR) is 94.0 cm³/mol. The lowest BCUT2D eigenvalue weighted by atomic mass is 10.2. The van der Waals surface area contributed by atoms with Crippen LogP contribution in [0.2, 0.25) is 0 Å². The quantitative estimate of drug-likeness (QED) is 0.729. The number of aryl methyl sites for hydroxylation is 2. The van der Waals surface area contributed by atoms with E-state index < -0.39 is 0 Å². The summed E-state index contributed by atoms with van der Waals surface area (Å²) >= 11 is 0. The molecule has 1 aromatic carbocycles. The minimum Gasteiger partial charge on any atom is -0.336 e. The third-order valence-corrected chi connectivity index (χ3v) is 4.89. The maximum atomic E-state index is 12.9. The molecule has 1 amide bonds. The first-order valence-electron chi connectivity index (χ1n) is 8.70. The molecule has 1 saturated heterocycles. The van der Waals surface area contributed by atoms with Gasteiger partial charge in [-0.2, -0.15) is 5.10 Å². The van der Waals surface area contributed by atoms with Crippen LogP contribution in [0, 0.1) is 13.8 Å². The zero-order chi connectivity index (χ0) is 17.4. The summed E-state index contributed by atoms with van der Waals surface area (Å²) in [5.74, 6) is 0.0969. The number of hydrogen-bond donors (Lipinski definition) is 0. The van der Waals surface area contributed by atoms with E-state index in [9.17, 15) is 4.79 Å². The fourth-order valence-corrected chi connectivity index (χ4v) is 3.67. The number of para-hydroxylation sites is 1. The van der Waals surface area contributed by atoms with E-state index in [0.717, 1.165) is 48.4 Å². The first kappa shape index (κ1) is 15.8. The molecule has 7 nitrogen and oxygen atoms in total. The maximum Gasteiger partial charge on any atom is 0.244 e. The van der Waals surface area contributed by atoms with Crippen LogP contribution >= 0.6 is 0 Å². The Kier molecular flexibility index (Phi) is 3.99. The smallest absolute Gasteiger partial charge is 0.244 e. The van der Waals surface area contributed by atoms with Crippen molar-refractivity contribution in [1.82, 2.24) is 29.7 Å². The number of hydrogen-bond acceptors (Lipinski definition) is 4. The highest BCUT2D eigenvalue weighted by molar-refractivity contribution is 5.80. The molecule has 130 valence electrons. The van der Waals surface area contributed by atoms with Crippen LogP contribution in [0.5, 0.6) is 0 Å². The van der Waals surface area contributed by atoms with Crippen molar-refractivity contribution in [3.63, 3.8) is 0 Å². The van der Waals surface area contributed by atoms with E-state index in [2.05, 4.69) is 28.4 Å².